The smallest absolute Gasteiger partial charge is 0.163 e. The molecule has 0 aliphatic rings. The first-order valence-corrected chi connectivity index (χ1v) is 8.85. The lowest BCUT2D eigenvalue weighted by atomic mass is 9.90. The van der Waals surface area contributed by atoms with Crippen molar-refractivity contribution in [3.63, 3.8) is 0 Å². The van der Waals surface area contributed by atoms with Gasteiger partial charge in [-0.15, -0.1) is 0 Å². The number of benzene rings is 3. The first kappa shape index (κ1) is 18.1. The summed E-state index contributed by atoms with van der Waals surface area (Å²) in [6.45, 7) is 2.02. The molecule has 0 aliphatic heterocycles. The standard InChI is InChI=1S/C23H19ClO2/c1-16-4-6-17(7-5-16)18(3-2-12-25)15-23(26)21-9-8-20-14-22(24)11-10-19(20)13-21/h2-14,18H,15H2,1H3. The fourth-order valence-corrected chi connectivity index (χ4v) is 3.18. The number of Topliss-reactive ketones (excluding diaryl/α,β-unsaturated/α-hetero) is 1. The van der Waals surface area contributed by atoms with E-state index in [9.17, 15) is 9.59 Å². The Bertz CT molecular complexity index is 971. The molecule has 0 fully saturated rings. The van der Waals surface area contributed by atoms with Crippen LogP contribution in [0.15, 0.2) is 72.8 Å². The molecule has 130 valence electrons. The van der Waals surface area contributed by atoms with Crippen molar-refractivity contribution in [1.29, 1.82) is 0 Å². The molecular weight excluding hydrogens is 344 g/mol. The number of fused-ring (bicyclic) bond motifs is 1. The van der Waals surface area contributed by atoms with Gasteiger partial charge in [-0.2, -0.15) is 0 Å². The molecule has 3 aromatic rings. The minimum atomic E-state index is -0.130. The van der Waals surface area contributed by atoms with Crippen molar-refractivity contribution in [1.82, 2.24) is 0 Å². The van der Waals surface area contributed by atoms with Crippen LogP contribution in [0.25, 0.3) is 10.8 Å². The number of hydrogen-bond donors (Lipinski definition) is 0. The molecule has 0 aliphatic carbocycles. The third kappa shape index (κ3) is 4.27. The lowest BCUT2D eigenvalue weighted by Crippen LogP contribution is -2.06. The molecule has 0 radical (unpaired) electrons. The van der Waals surface area contributed by atoms with Gasteiger partial charge in [0.1, 0.15) is 6.29 Å². The molecule has 3 heteroatoms. The summed E-state index contributed by atoms with van der Waals surface area (Å²) in [6.07, 6.45) is 4.30. The zero-order valence-corrected chi connectivity index (χ0v) is 15.2. The van der Waals surface area contributed by atoms with Crippen LogP contribution in [0.2, 0.25) is 5.02 Å². The number of rotatable bonds is 6. The average Bonchev–Trinajstić information content (AvgIpc) is 2.65. The van der Waals surface area contributed by atoms with Gasteiger partial charge in [-0.1, -0.05) is 65.7 Å². The molecule has 0 spiro atoms. The molecule has 0 saturated carbocycles. The second-order valence-electron chi connectivity index (χ2n) is 6.37. The van der Waals surface area contributed by atoms with E-state index in [1.54, 1.807) is 6.08 Å². The van der Waals surface area contributed by atoms with Gasteiger partial charge in [0.05, 0.1) is 0 Å². The topological polar surface area (TPSA) is 34.1 Å². The van der Waals surface area contributed by atoms with Crippen molar-refractivity contribution in [3.05, 3.63) is 94.5 Å². The van der Waals surface area contributed by atoms with Gasteiger partial charge in [0, 0.05) is 22.9 Å². The molecule has 2 nitrogen and oxygen atoms in total. The van der Waals surface area contributed by atoms with Crippen LogP contribution in [0.3, 0.4) is 0 Å². The molecule has 0 amide bonds. The summed E-state index contributed by atoms with van der Waals surface area (Å²) in [4.78, 5) is 23.6. The molecule has 1 unspecified atom stereocenters. The molecule has 0 aromatic heterocycles. The highest BCUT2D eigenvalue weighted by molar-refractivity contribution is 6.31. The van der Waals surface area contributed by atoms with Gasteiger partial charge < -0.3 is 0 Å². The van der Waals surface area contributed by atoms with Gasteiger partial charge in [0.25, 0.3) is 0 Å². The molecule has 26 heavy (non-hydrogen) atoms. The highest BCUT2D eigenvalue weighted by atomic mass is 35.5. The maximum atomic E-state index is 12.8. The maximum Gasteiger partial charge on any atom is 0.163 e. The van der Waals surface area contributed by atoms with Crippen LogP contribution in [0.5, 0.6) is 0 Å². The van der Waals surface area contributed by atoms with Crippen LogP contribution in [0.1, 0.15) is 33.8 Å². The average molecular weight is 363 g/mol. The normalized spacial score (nSPS) is 12.4. The Kier molecular flexibility index (Phi) is 5.65. The maximum absolute atomic E-state index is 12.8. The summed E-state index contributed by atoms with van der Waals surface area (Å²) in [5, 5.41) is 2.66. The molecule has 0 bridgehead atoms. The number of halogens is 1. The quantitative estimate of drug-likeness (QED) is 0.310. The van der Waals surface area contributed by atoms with E-state index in [2.05, 4.69) is 0 Å². The van der Waals surface area contributed by atoms with Gasteiger partial charge in [-0.3, -0.25) is 9.59 Å². The van der Waals surface area contributed by atoms with E-state index in [1.807, 2.05) is 67.6 Å². The Morgan fingerprint density at radius 3 is 2.42 bits per heavy atom. The molecule has 3 rings (SSSR count). The summed E-state index contributed by atoms with van der Waals surface area (Å²) in [7, 11) is 0. The number of ketones is 1. The molecular formula is C23H19ClO2. The third-order valence-corrected chi connectivity index (χ3v) is 4.69. The van der Waals surface area contributed by atoms with Crippen molar-refractivity contribution in [2.24, 2.45) is 0 Å². The van der Waals surface area contributed by atoms with E-state index in [1.165, 1.54) is 6.08 Å². The molecule has 3 aromatic carbocycles. The van der Waals surface area contributed by atoms with Crippen LogP contribution in [0, 0.1) is 6.92 Å². The Morgan fingerprint density at radius 2 is 1.69 bits per heavy atom. The number of aryl methyl sites for hydroxylation is 1. The summed E-state index contributed by atoms with van der Waals surface area (Å²) in [5.74, 6) is -0.0859. The van der Waals surface area contributed by atoms with E-state index in [4.69, 9.17) is 11.6 Å². The van der Waals surface area contributed by atoms with Crippen LogP contribution >= 0.6 is 11.6 Å². The van der Waals surface area contributed by atoms with Gasteiger partial charge >= 0.3 is 0 Å². The van der Waals surface area contributed by atoms with E-state index in [0.717, 1.165) is 28.2 Å². The summed E-state index contributed by atoms with van der Waals surface area (Å²) in [5.41, 5.74) is 2.84. The fourth-order valence-electron chi connectivity index (χ4n) is 3.00. The zero-order chi connectivity index (χ0) is 18.5. The zero-order valence-electron chi connectivity index (χ0n) is 14.5. The summed E-state index contributed by atoms with van der Waals surface area (Å²) >= 11 is 6.01. The van der Waals surface area contributed by atoms with Crippen LogP contribution in [-0.2, 0) is 4.79 Å². The van der Waals surface area contributed by atoms with Crippen molar-refractivity contribution in [3.8, 4) is 0 Å². The predicted molar refractivity (Wildman–Crippen MR) is 107 cm³/mol. The summed E-state index contributed by atoms with van der Waals surface area (Å²) < 4.78 is 0. The minimum absolute atomic E-state index is 0.0444. The van der Waals surface area contributed by atoms with Crippen molar-refractivity contribution in [2.45, 2.75) is 19.3 Å². The largest absolute Gasteiger partial charge is 0.299 e. The highest BCUT2D eigenvalue weighted by Gasteiger charge is 2.15. The fraction of sp³-hybridized carbons (Fsp3) is 0.130. The highest BCUT2D eigenvalue weighted by Crippen LogP contribution is 2.26. The number of carbonyl (C=O) groups is 2. The second kappa shape index (κ2) is 8.11. The molecule has 1 atom stereocenters. The monoisotopic (exact) mass is 362 g/mol. The Morgan fingerprint density at radius 1 is 1.00 bits per heavy atom. The first-order valence-electron chi connectivity index (χ1n) is 8.48. The number of allylic oxidation sites excluding steroid dienone is 2. The van der Waals surface area contributed by atoms with Crippen LogP contribution in [0.4, 0.5) is 0 Å². The Balaban J connectivity index is 1.87. The minimum Gasteiger partial charge on any atom is -0.299 e. The van der Waals surface area contributed by atoms with Gasteiger partial charge in [0.15, 0.2) is 5.78 Å². The molecule has 0 heterocycles. The second-order valence-corrected chi connectivity index (χ2v) is 6.81. The van der Waals surface area contributed by atoms with E-state index in [0.29, 0.717) is 17.0 Å². The molecule has 0 saturated heterocycles. The van der Waals surface area contributed by atoms with E-state index >= 15 is 0 Å². The predicted octanol–water partition coefficient (Wildman–Crippen LogP) is 5.91. The van der Waals surface area contributed by atoms with Gasteiger partial charge in [-0.25, -0.2) is 0 Å². The number of aldehydes is 1. The lowest BCUT2D eigenvalue weighted by Gasteiger charge is -2.13. The van der Waals surface area contributed by atoms with Crippen LogP contribution in [-0.4, -0.2) is 12.1 Å². The SMILES string of the molecule is Cc1ccc(C(C=CC=O)CC(=O)c2ccc3cc(Cl)ccc3c2)cc1. The van der Waals surface area contributed by atoms with Gasteiger partial charge in [-0.05, 0) is 47.5 Å². The van der Waals surface area contributed by atoms with Crippen molar-refractivity contribution < 1.29 is 9.59 Å². The van der Waals surface area contributed by atoms with E-state index in [-0.39, 0.29) is 11.7 Å². The van der Waals surface area contributed by atoms with Crippen molar-refractivity contribution in [2.75, 3.05) is 0 Å². The third-order valence-electron chi connectivity index (χ3n) is 4.46. The first-order chi connectivity index (χ1) is 12.6. The Hall–Kier alpha value is -2.71. The van der Waals surface area contributed by atoms with E-state index < -0.39 is 0 Å². The van der Waals surface area contributed by atoms with Crippen LogP contribution < -0.4 is 0 Å². The van der Waals surface area contributed by atoms with Crippen molar-refractivity contribution >= 4 is 34.4 Å². The number of carbonyl (C=O) groups excluding carboxylic acids is 2. The molecule has 0 N–H and O–H groups in total. The lowest BCUT2D eigenvalue weighted by molar-refractivity contribution is -0.104. The van der Waals surface area contributed by atoms with Gasteiger partial charge in [0.2, 0.25) is 0 Å². The number of hydrogen-bond acceptors (Lipinski definition) is 2. The summed E-state index contributed by atoms with van der Waals surface area (Å²) in [6, 6.07) is 19.3. The Labute approximate surface area is 158 Å².